The van der Waals surface area contributed by atoms with Crippen LogP contribution in [0.2, 0.25) is 5.02 Å². The monoisotopic (exact) mass is 303 g/mol. The number of aliphatic hydroxyl groups is 1. The molecule has 0 aliphatic rings. The number of halogens is 1. The zero-order chi connectivity index (χ0) is 15.1. The third-order valence-corrected chi connectivity index (χ3v) is 3.12. The number of rotatable bonds is 7. The molecule has 1 aromatic heterocycles. The number of carbonyl (C=O) groups excluding carboxylic acids is 1. The van der Waals surface area contributed by atoms with Crippen molar-refractivity contribution < 1.29 is 14.6 Å². The lowest BCUT2D eigenvalue weighted by Crippen LogP contribution is -2.28. The van der Waals surface area contributed by atoms with Gasteiger partial charge < -0.3 is 15.2 Å². The summed E-state index contributed by atoms with van der Waals surface area (Å²) in [4.78, 5) is 23.0. The molecule has 1 heterocycles. The lowest BCUT2D eigenvalue weighted by Gasteiger charge is -2.11. The molecule has 0 fully saturated rings. The van der Waals surface area contributed by atoms with E-state index in [-0.39, 0.29) is 11.6 Å². The molecule has 2 N–H and O–H groups in total. The third-order valence-electron chi connectivity index (χ3n) is 2.76. The molecule has 0 aliphatic heterocycles. The summed E-state index contributed by atoms with van der Waals surface area (Å²) in [5.41, 5.74) is -0.195. The smallest absolute Gasteiger partial charge is 0.327 e. The Hall–Kier alpha value is -1.60. The van der Waals surface area contributed by atoms with Crippen LogP contribution in [0.15, 0.2) is 11.0 Å². The normalized spacial score (nSPS) is 12.0. The zero-order valence-electron chi connectivity index (χ0n) is 11.4. The number of nitrogens with zero attached hydrogens (tertiary/aromatic N) is 2. The summed E-state index contributed by atoms with van der Waals surface area (Å²) in [6.45, 7) is 2.06. The van der Waals surface area contributed by atoms with E-state index in [0.717, 1.165) is 4.68 Å². The summed E-state index contributed by atoms with van der Waals surface area (Å²) in [6.07, 6.45) is 2.17. The minimum atomic E-state index is -0.581. The van der Waals surface area contributed by atoms with Crippen LogP contribution in [-0.4, -0.2) is 40.6 Å². The van der Waals surface area contributed by atoms with Crippen molar-refractivity contribution in [3.63, 3.8) is 0 Å². The standard InChI is InChI=1S/C12H18ClN3O4/c1-3-8(17)4-5-14-9-6-15-16(7-10(18)20-2)12(19)11(9)13/h6,8,14,17H,3-5,7H2,1-2H3. The van der Waals surface area contributed by atoms with E-state index in [0.29, 0.717) is 25.1 Å². The van der Waals surface area contributed by atoms with Crippen LogP contribution in [0.1, 0.15) is 19.8 Å². The number of methoxy groups -OCH3 is 1. The van der Waals surface area contributed by atoms with Gasteiger partial charge in [-0.15, -0.1) is 0 Å². The second kappa shape index (κ2) is 7.86. The molecule has 7 nitrogen and oxygen atoms in total. The third kappa shape index (κ3) is 4.50. The average Bonchev–Trinajstić information content (AvgIpc) is 2.45. The van der Waals surface area contributed by atoms with E-state index in [1.807, 2.05) is 6.92 Å². The molecule has 20 heavy (non-hydrogen) atoms. The van der Waals surface area contributed by atoms with Crippen molar-refractivity contribution in [3.05, 3.63) is 21.6 Å². The minimum Gasteiger partial charge on any atom is -0.468 e. The van der Waals surface area contributed by atoms with Crippen LogP contribution >= 0.6 is 11.6 Å². The summed E-state index contributed by atoms with van der Waals surface area (Å²) >= 11 is 5.92. The van der Waals surface area contributed by atoms with Gasteiger partial charge in [0.25, 0.3) is 5.56 Å². The van der Waals surface area contributed by atoms with Gasteiger partial charge in [0.15, 0.2) is 0 Å². The molecule has 1 aromatic rings. The van der Waals surface area contributed by atoms with Gasteiger partial charge in [0.05, 0.1) is 25.1 Å². The topological polar surface area (TPSA) is 93.5 Å². The van der Waals surface area contributed by atoms with E-state index < -0.39 is 17.6 Å². The summed E-state index contributed by atoms with van der Waals surface area (Å²) in [5, 5.41) is 16.1. The van der Waals surface area contributed by atoms with Crippen molar-refractivity contribution in [1.29, 1.82) is 0 Å². The second-order valence-electron chi connectivity index (χ2n) is 4.19. The molecule has 1 rings (SSSR count). The molecule has 0 saturated carbocycles. The van der Waals surface area contributed by atoms with Gasteiger partial charge in [-0.2, -0.15) is 5.10 Å². The van der Waals surface area contributed by atoms with Crippen LogP contribution in [0.5, 0.6) is 0 Å². The van der Waals surface area contributed by atoms with Crippen molar-refractivity contribution >= 4 is 23.3 Å². The number of ether oxygens (including phenoxy) is 1. The Morgan fingerprint density at radius 2 is 2.35 bits per heavy atom. The van der Waals surface area contributed by atoms with Crippen molar-refractivity contribution in [2.24, 2.45) is 0 Å². The van der Waals surface area contributed by atoms with Gasteiger partial charge in [0.1, 0.15) is 11.6 Å². The fraction of sp³-hybridized carbons (Fsp3) is 0.583. The molecular weight excluding hydrogens is 286 g/mol. The highest BCUT2D eigenvalue weighted by molar-refractivity contribution is 6.32. The van der Waals surface area contributed by atoms with Crippen molar-refractivity contribution in [3.8, 4) is 0 Å². The highest BCUT2D eigenvalue weighted by atomic mass is 35.5. The van der Waals surface area contributed by atoms with E-state index in [9.17, 15) is 14.7 Å². The molecule has 8 heteroatoms. The van der Waals surface area contributed by atoms with Gasteiger partial charge >= 0.3 is 5.97 Å². The van der Waals surface area contributed by atoms with E-state index in [4.69, 9.17) is 11.6 Å². The largest absolute Gasteiger partial charge is 0.468 e. The number of aliphatic hydroxyl groups excluding tert-OH is 1. The van der Waals surface area contributed by atoms with Crippen molar-refractivity contribution in [2.75, 3.05) is 19.0 Å². The lowest BCUT2D eigenvalue weighted by molar-refractivity contribution is -0.141. The van der Waals surface area contributed by atoms with Crippen molar-refractivity contribution in [2.45, 2.75) is 32.4 Å². The predicted molar refractivity (Wildman–Crippen MR) is 74.9 cm³/mol. The first-order valence-electron chi connectivity index (χ1n) is 6.24. The van der Waals surface area contributed by atoms with Crippen molar-refractivity contribution in [1.82, 2.24) is 9.78 Å². The number of hydrogen-bond acceptors (Lipinski definition) is 6. The summed E-state index contributed by atoms with van der Waals surface area (Å²) in [6, 6.07) is 0. The Labute approximate surface area is 121 Å². The number of esters is 1. The number of aromatic nitrogens is 2. The summed E-state index contributed by atoms with van der Waals surface area (Å²) < 4.78 is 5.39. The summed E-state index contributed by atoms with van der Waals surface area (Å²) in [7, 11) is 1.23. The Kier molecular flexibility index (Phi) is 6.47. The molecule has 0 spiro atoms. The van der Waals surface area contributed by atoms with Gasteiger partial charge in [0, 0.05) is 6.54 Å². The van der Waals surface area contributed by atoms with Crippen LogP contribution in [-0.2, 0) is 16.1 Å². The first kappa shape index (κ1) is 16.5. The molecule has 0 amide bonds. The number of hydrogen-bond donors (Lipinski definition) is 2. The van der Waals surface area contributed by atoms with Gasteiger partial charge in [-0.3, -0.25) is 9.59 Å². The van der Waals surface area contributed by atoms with Crippen LogP contribution in [0, 0.1) is 0 Å². The molecule has 1 atom stereocenters. The van der Waals surface area contributed by atoms with Crippen LogP contribution in [0.3, 0.4) is 0 Å². The van der Waals surface area contributed by atoms with Gasteiger partial charge in [-0.1, -0.05) is 18.5 Å². The molecule has 0 bridgehead atoms. The van der Waals surface area contributed by atoms with Gasteiger partial charge in [-0.05, 0) is 12.8 Å². The fourth-order valence-corrected chi connectivity index (χ4v) is 1.68. The van der Waals surface area contributed by atoms with Crippen LogP contribution < -0.4 is 10.9 Å². The number of anilines is 1. The SMILES string of the molecule is CCC(O)CCNc1cnn(CC(=O)OC)c(=O)c1Cl. The molecular formula is C12H18ClN3O4. The maximum atomic E-state index is 11.9. The zero-order valence-corrected chi connectivity index (χ0v) is 12.2. The molecule has 0 radical (unpaired) electrons. The number of carbonyl (C=O) groups is 1. The maximum absolute atomic E-state index is 11.9. The minimum absolute atomic E-state index is 0.0464. The van der Waals surface area contributed by atoms with Crippen LogP contribution in [0.4, 0.5) is 5.69 Å². The maximum Gasteiger partial charge on any atom is 0.327 e. The van der Waals surface area contributed by atoms with Crippen LogP contribution in [0.25, 0.3) is 0 Å². The molecule has 0 aliphatic carbocycles. The number of nitrogens with one attached hydrogen (secondary N) is 1. The quantitative estimate of drug-likeness (QED) is 0.718. The Bertz CT molecular complexity index is 518. The lowest BCUT2D eigenvalue weighted by atomic mass is 10.2. The molecule has 1 unspecified atom stereocenters. The first-order chi connectivity index (χ1) is 9.49. The van der Waals surface area contributed by atoms with E-state index >= 15 is 0 Å². The summed E-state index contributed by atoms with van der Waals surface area (Å²) in [5.74, 6) is -0.581. The van der Waals surface area contributed by atoms with Gasteiger partial charge in [0.2, 0.25) is 0 Å². The van der Waals surface area contributed by atoms with E-state index in [1.165, 1.54) is 13.3 Å². The predicted octanol–water partition coefficient (Wildman–Crippen LogP) is 0.643. The van der Waals surface area contributed by atoms with E-state index in [2.05, 4.69) is 15.2 Å². The fourth-order valence-electron chi connectivity index (χ4n) is 1.47. The Balaban J connectivity index is 2.74. The first-order valence-corrected chi connectivity index (χ1v) is 6.61. The molecule has 112 valence electrons. The Morgan fingerprint density at radius 3 is 2.95 bits per heavy atom. The highest BCUT2D eigenvalue weighted by Gasteiger charge is 2.12. The van der Waals surface area contributed by atoms with E-state index in [1.54, 1.807) is 0 Å². The van der Waals surface area contributed by atoms with Gasteiger partial charge in [-0.25, -0.2) is 4.68 Å². The second-order valence-corrected chi connectivity index (χ2v) is 4.57. The molecule has 0 saturated heterocycles. The Morgan fingerprint density at radius 1 is 1.65 bits per heavy atom. The average molecular weight is 304 g/mol. The highest BCUT2D eigenvalue weighted by Crippen LogP contribution is 2.15. The molecule has 0 aromatic carbocycles.